The van der Waals surface area contributed by atoms with Crippen molar-refractivity contribution in [2.75, 3.05) is 32.9 Å². The summed E-state index contributed by atoms with van der Waals surface area (Å²) < 4.78 is 24.9. The van der Waals surface area contributed by atoms with E-state index in [9.17, 15) is 14.6 Å². The molecule has 0 saturated carbocycles. The molecular weight excluding hydrogens is 433 g/mol. The molecule has 2 aliphatic rings. The normalized spacial score (nSPS) is 18.2. The SMILES string of the molecule is CC1=C(c2cccc(O)c2)C(c2ccc(OCCN3CC(CF)C3)cc2)Oc2cc(O)ccc21. The zero-order valence-corrected chi connectivity index (χ0v) is 19.1. The largest absolute Gasteiger partial charge is 0.508 e. The standard InChI is InChI=1S/C28H28FNO4/c1-18-25-10-7-23(32)14-26(25)34-28(27(18)21-3-2-4-22(31)13-21)20-5-8-24(9-6-20)33-12-11-30-16-19(15-29)17-30/h2-10,13-14,19,28,31-32H,11-12,15-17H2,1H3. The van der Waals surface area contributed by atoms with Crippen molar-refractivity contribution in [3.63, 3.8) is 0 Å². The Morgan fingerprint density at radius 1 is 1.00 bits per heavy atom. The molecule has 0 radical (unpaired) electrons. The van der Waals surface area contributed by atoms with Crippen LogP contribution in [0.25, 0.3) is 11.1 Å². The van der Waals surface area contributed by atoms with Crippen LogP contribution < -0.4 is 9.47 Å². The fraction of sp³-hybridized carbons (Fsp3) is 0.286. The molecule has 2 heterocycles. The molecule has 0 aromatic heterocycles. The molecular formula is C28H28FNO4. The second kappa shape index (κ2) is 9.39. The van der Waals surface area contributed by atoms with Crippen LogP contribution >= 0.6 is 0 Å². The number of fused-ring (bicyclic) bond motifs is 1. The van der Waals surface area contributed by atoms with Crippen LogP contribution in [0.3, 0.4) is 0 Å². The molecule has 3 aromatic rings. The van der Waals surface area contributed by atoms with Gasteiger partial charge in [-0.05, 0) is 60.0 Å². The van der Waals surface area contributed by atoms with Gasteiger partial charge in [-0.15, -0.1) is 0 Å². The minimum absolute atomic E-state index is 0.148. The van der Waals surface area contributed by atoms with Crippen molar-refractivity contribution in [2.24, 2.45) is 5.92 Å². The van der Waals surface area contributed by atoms with E-state index in [1.165, 1.54) is 0 Å². The van der Waals surface area contributed by atoms with Crippen LogP contribution in [0.4, 0.5) is 4.39 Å². The maximum absolute atomic E-state index is 12.6. The lowest BCUT2D eigenvalue weighted by Gasteiger charge is -2.37. The van der Waals surface area contributed by atoms with Gasteiger partial charge < -0.3 is 19.7 Å². The molecule has 0 amide bonds. The Morgan fingerprint density at radius 3 is 2.50 bits per heavy atom. The van der Waals surface area contributed by atoms with Gasteiger partial charge in [0.25, 0.3) is 0 Å². The van der Waals surface area contributed by atoms with Gasteiger partial charge >= 0.3 is 0 Å². The quantitative estimate of drug-likeness (QED) is 0.491. The van der Waals surface area contributed by atoms with E-state index < -0.39 is 6.10 Å². The second-order valence-corrected chi connectivity index (χ2v) is 8.96. The van der Waals surface area contributed by atoms with Crippen LogP contribution in [0, 0.1) is 5.92 Å². The number of phenolic OH excluding ortho intramolecular Hbond substituents is 2. The molecule has 5 rings (SSSR count). The van der Waals surface area contributed by atoms with Crippen molar-refractivity contribution in [2.45, 2.75) is 13.0 Å². The van der Waals surface area contributed by atoms with E-state index in [0.29, 0.717) is 12.4 Å². The molecule has 1 fully saturated rings. The number of rotatable bonds is 7. The van der Waals surface area contributed by atoms with Crippen LogP contribution in [-0.2, 0) is 0 Å². The maximum atomic E-state index is 12.6. The van der Waals surface area contributed by atoms with Gasteiger partial charge in [0.1, 0.15) is 35.7 Å². The number of aromatic hydroxyl groups is 2. The highest BCUT2D eigenvalue weighted by atomic mass is 19.1. The van der Waals surface area contributed by atoms with Crippen LogP contribution in [0.2, 0.25) is 0 Å². The summed E-state index contributed by atoms with van der Waals surface area (Å²) >= 11 is 0. The molecule has 0 spiro atoms. The summed E-state index contributed by atoms with van der Waals surface area (Å²) in [6.45, 7) is 4.74. The Balaban J connectivity index is 1.38. The van der Waals surface area contributed by atoms with E-state index in [4.69, 9.17) is 9.47 Å². The number of phenols is 2. The van der Waals surface area contributed by atoms with Crippen LogP contribution in [0.1, 0.15) is 29.7 Å². The molecule has 2 N–H and O–H groups in total. The Morgan fingerprint density at radius 2 is 1.76 bits per heavy atom. The highest BCUT2D eigenvalue weighted by Gasteiger charge is 2.30. The number of allylic oxidation sites excluding steroid dienone is 1. The minimum atomic E-state index is -0.413. The lowest BCUT2D eigenvalue weighted by Crippen LogP contribution is -2.49. The Hall–Kier alpha value is -3.51. The van der Waals surface area contributed by atoms with Crippen molar-refractivity contribution >= 4 is 11.1 Å². The molecule has 1 saturated heterocycles. The zero-order valence-electron chi connectivity index (χ0n) is 19.1. The van der Waals surface area contributed by atoms with Gasteiger partial charge in [-0.1, -0.05) is 24.3 Å². The van der Waals surface area contributed by atoms with Crippen molar-refractivity contribution in [3.8, 4) is 23.0 Å². The lowest BCUT2D eigenvalue weighted by atomic mass is 9.86. The van der Waals surface area contributed by atoms with E-state index >= 15 is 0 Å². The number of likely N-dealkylation sites (tertiary alicyclic amines) is 1. The molecule has 34 heavy (non-hydrogen) atoms. The van der Waals surface area contributed by atoms with Crippen molar-refractivity contribution in [3.05, 3.63) is 83.4 Å². The number of ether oxygens (including phenoxy) is 2. The van der Waals surface area contributed by atoms with E-state index in [1.54, 1.807) is 24.3 Å². The number of hydrogen-bond donors (Lipinski definition) is 2. The fourth-order valence-corrected chi connectivity index (χ4v) is 4.71. The summed E-state index contributed by atoms with van der Waals surface area (Å²) in [6, 6.07) is 20.1. The molecule has 1 atom stereocenters. The lowest BCUT2D eigenvalue weighted by molar-refractivity contribution is 0.0668. The monoisotopic (exact) mass is 461 g/mol. The van der Waals surface area contributed by atoms with Gasteiger partial charge in [0.15, 0.2) is 0 Å². The van der Waals surface area contributed by atoms with Crippen molar-refractivity contribution in [1.29, 1.82) is 0 Å². The molecule has 0 bridgehead atoms. The van der Waals surface area contributed by atoms with Crippen molar-refractivity contribution in [1.82, 2.24) is 4.90 Å². The van der Waals surface area contributed by atoms with Gasteiger partial charge in [0.2, 0.25) is 0 Å². The van der Waals surface area contributed by atoms with E-state index in [1.807, 2.05) is 49.4 Å². The number of hydrogen-bond acceptors (Lipinski definition) is 5. The van der Waals surface area contributed by atoms with E-state index in [-0.39, 0.29) is 24.1 Å². The number of nitrogens with zero attached hydrogens (tertiary/aromatic N) is 1. The van der Waals surface area contributed by atoms with Crippen molar-refractivity contribution < 1.29 is 24.1 Å². The first-order chi connectivity index (χ1) is 16.5. The summed E-state index contributed by atoms with van der Waals surface area (Å²) in [6.07, 6.45) is -0.413. The topological polar surface area (TPSA) is 62.2 Å². The highest BCUT2D eigenvalue weighted by Crippen LogP contribution is 2.47. The molecule has 3 aromatic carbocycles. The highest BCUT2D eigenvalue weighted by molar-refractivity contribution is 5.95. The third kappa shape index (κ3) is 4.46. The van der Waals surface area contributed by atoms with Gasteiger partial charge in [-0.25, -0.2) is 0 Å². The average Bonchev–Trinajstić information content (AvgIpc) is 2.80. The third-order valence-corrected chi connectivity index (χ3v) is 6.55. The summed E-state index contributed by atoms with van der Waals surface area (Å²) in [5.74, 6) is 1.90. The first-order valence-electron chi connectivity index (χ1n) is 11.5. The Labute approximate surface area is 198 Å². The van der Waals surface area contributed by atoms with Crippen LogP contribution in [0.5, 0.6) is 23.0 Å². The average molecular weight is 462 g/mol. The van der Waals surface area contributed by atoms with Gasteiger partial charge in [0.05, 0.1) is 6.67 Å². The van der Waals surface area contributed by atoms with Crippen LogP contribution in [0.15, 0.2) is 66.7 Å². The number of alkyl halides is 1. The molecule has 176 valence electrons. The number of benzene rings is 3. The van der Waals surface area contributed by atoms with Gasteiger partial charge in [-0.2, -0.15) is 0 Å². The molecule has 6 heteroatoms. The fourth-order valence-electron chi connectivity index (χ4n) is 4.71. The number of halogens is 1. The minimum Gasteiger partial charge on any atom is -0.508 e. The van der Waals surface area contributed by atoms with Gasteiger partial charge in [0, 0.05) is 42.8 Å². The van der Waals surface area contributed by atoms with E-state index in [2.05, 4.69) is 4.90 Å². The maximum Gasteiger partial charge on any atom is 0.150 e. The van der Waals surface area contributed by atoms with Gasteiger partial charge in [-0.3, -0.25) is 9.29 Å². The zero-order chi connectivity index (χ0) is 23.7. The summed E-state index contributed by atoms with van der Waals surface area (Å²) in [5, 5.41) is 20.1. The third-order valence-electron chi connectivity index (χ3n) is 6.55. The predicted molar refractivity (Wildman–Crippen MR) is 130 cm³/mol. The Bertz CT molecular complexity index is 1200. The molecule has 2 aliphatic heterocycles. The van der Waals surface area contributed by atoms with Crippen LogP contribution in [-0.4, -0.2) is 48.0 Å². The second-order valence-electron chi connectivity index (χ2n) is 8.96. The smallest absolute Gasteiger partial charge is 0.150 e. The molecule has 0 aliphatic carbocycles. The molecule has 5 nitrogen and oxygen atoms in total. The molecule has 1 unspecified atom stereocenters. The Kier molecular flexibility index (Phi) is 6.16. The van der Waals surface area contributed by atoms with E-state index in [0.717, 1.165) is 53.2 Å². The first-order valence-corrected chi connectivity index (χ1v) is 11.5. The first kappa shape index (κ1) is 22.3. The summed E-state index contributed by atoms with van der Waals surface area (Å²) in [4.78, 5) is 2.19. The summed E-state index contributed by atoms with van der Waals surface area (Å²) in [7, 11) is 0. The summed E-state index contributed by atoms with van der Waals surface area (Å²) in [5.41, 5.74) is 4.71. The predicted octanol–water partition coefficient (Wildman–Crippen LogP) is 5.44.